The molecule has 1 aromatic rings. The fourth-order valence-electron chi connectivity index (χ4n) is 2.68. The summed E-state index contributed by atoms with van der Waals surface area (Å²) in [6.45, 7) is 2.78. The number of likely N-dealkylation sites (tertiary alicyclic amines) is 1. The molecule has 1 aliphatic rings. The minimum Gasteiger partial charge on any atom is -0.481 e. The number of ether oxygens (including phenoxy) is 1. The summed E-state index contributed by atoms with van der Waals surface area (Å²) >= 11 is 0. The lowest BCUT2D eigenvalue weighted by Crippen LogP contribution is -2.36. The van der Waals surface area contributed by atoms with Crippen molar-refractivity contribution in [2.75, 3.05) is 40.8 Å². The molecule has 0 amide bonds. The van der Waals surface area contributed by atoms with Gasteiger partial charge in [-0.05, 0) is 26.1 Å². The molecule has 0 spiro atoms. The van der Waals surface area contributed by atoms with Crippen molar-refractivity contribution in [2.45, 2.75) is 18.5 Å². The highest BCUT2D eigenvalue weighted by Crippen LogP contribution is 2.26. The Morgan fingerprint density at radius 2 is 2.32 bits per heavy atom. The highest BCUT2D eigenvalue weighted by molar-refractivity contribution is 5.21. The van der Waals surface area contributed by atoms with E-state index in [0.29, 0.717) is 18.5 Å². The second-order valence-corrected chi connectivity index (χ2v) is 5.29. The summed E-state index contributed by atoms with van der Waals surface area (Å²) in [5, 5.41) is 0. The van der Waals surface area contributed by atoms with Crippen LogP contribution in [-0.4, -0.2) is 61.7 Å². The van der Waals surface area contributed by atoms with E-state index in [0.717, 1.165) is 13.1 Å². The van der Waals surface area contributed by atoms with Crippen LogP contribution in [0.4, 0.5) is 0 Å². The number of likely N-dealkylation sites (N-methyl/N-ethyl adjacent to an activating group) is 1. The van der Waals surface area contributed by atoms with Gasteiger partial charge in [0.2, 0.25) is 5.88 Å². The molecule has 106 valence electrons. The Morgan fingerprint density at radius 3 is 2.79 bits per heavy atom. The Balaban J connectivity index is 2.07. The summed E-state index contributed by atoms with van der Waals surface area (Å²) in [5.74, 6) is 0.645. The largest absolute Gasteiger partial charge is 0.481 e. The molecule has 2 rings (SSSR count). The van der Waals surface area contributed by atoms with Gasteiger partial charge in [0.1, 0.15) is 0 Å². The van der Waals surface area contributed by atoms with Crippen LogP contribution in [0.5, 0.6) is 5.88 Å². The van der Waals surface area contributed by atoms with Crippen molar-refractivity contribution < 1.29 is 4.74 Å². The van der Waals surface area contributed by atoms with Crippen molar-refractivity contribution in [3.63, 3.8) is 0 Å². The first kappa shape index (κ1) is 14.2. The van der Waals surface area contributed by atoms with Crippen LogP contribution in [0.15, 0.2) is 18.3 Å². The van der Waals surface area contributed by atoms with Crippen molar-refractivity contribution >= 4 is 0 Å². The maximum absolute atomic E-state index is 5.96. The number of pyridine rings is 1. The summed E-state index contributed by atoms with van der Waals surface area (Å²) in [5.41, 5.74) is 7.13. The van der Waals surface area contributed by atoms with Crippen molar-refractivity contribution in [1.29, 1.82) is 0 Å². The van der Waals surface area contributed by atoms with Crippen LogP contribution >= 0.6 is 0 Å². The normalized spacial score (nSPS) is 21.8. The van der Waals surface area contributed by atoms with E-state index in [1.807, 2.05) is 12.3 Å². The van der Waals surface area contributed by atoms with Gasteiger partial charge in [0.15, 0.2) is 0 Å². The summed E-state index contributed by atoms with van der Waals surface area (Å²) in [6.07, 6.45) is 3.08. The maximum Gasteiger partial charge on any atom is 0.212 e. The summed E-state index contributed by atoms with van der Waals surface area (Å²) in [6, 6.07) is 4.84. The first-order chi connectivity index (χ1) is 9.15. The first-order valence-corrected chi connectivity index (χ1v) is 6.76. The molecule has 5 nitrogen and oxygen atoms in total. The summed E-state index contributed by atoms with van der Waals surface area (Å²) in [4.78, 5) is 9.02. The zero-order chi connectivity index (χ0) is 13.8. The highest BCUT2D eigenvalue weighted by Gasteiger charge is 2.29. The Kier molecular flexibility index (Phi) is 4.74. The third-order valence-electron chi connectivity index (χ3n) is 3.94. The predicted molar refractivity (Wildman–Crippen MR) is 76.2 cm³/mol. The quantitative estimate of drug-likeness (QED) is 0.849. The molecule has 2 unspecified atom stereocenters. The molecule has 1 aromatic heterocycles. The van der Waals surface area contributed by atoms with Crippen LogP contribution in [0, 0.1) is 0 Å². The molecule has 0 bridgehead atoms. The molecule has 1 aliphatic heterocycles. The van der Waals surface area contributed by atoms with Crippen LogP contribution in [0.1, 0.15) is 18.0 Å². The Bertz CT molecular complexity index is 393. The molecule has 1 fully saturated rings. The van der Waals surface area contributed by atoms with E-state index < -0.39 is 0 Å². The number of aromatic nitrogens is 1. The highest BCUT2D eigenvalue weighted by atomic mass is 16.5. The molecule has 2 atom stereocenters. The van der Waals surface area contributed by atoms with Crippen LogP contribution in [-0.2, 0) is 0 Å². The van der Waals surface area contributed by atoms with E-state index in [9.17, 15) is 0 Å². The van der Waals surface area contributed by atoms with Gasteiger partial charge in [0, 0.05) is 44.0 Å². The monoisotopic (exact) mass is 264 g/mol. The van der Waals surface area contributed by atoms with Gasteiger partial charge in [-0.1, -0.05) is 6.07 Å². The third-order valence-corrected chi connectivity index (χ3v) is 3.94. The van der Waals surface area contributed by atoms with Gasteiger partial charge in [-0.3, -0.25) is 4.90 Å². The number of hydrogen-bond acceptors (Lipinski definition) is 5. The zero-order valence-electron chi connectivity index (χ0n) is 12.0. The summed E-state index contributed by atoms with van der Waals surface area (Å²) in [7, 11) is 5.91. The second-order valence-electron chi connectivity index (χ2n) is 5.29. The molecule has 2 heterocycles. The molecule has 5 heteroatoms. The Hall–Kier alpha value is -1.17. The molecule has 0 aromatic carbocycles. The predicted octanol–water partition coefficient (Wildman–Crippen LogP) is 0.726. The topological polar surface area (TPSA) is 54.6 Å². The van der Waals surface area contributed by atoms with E-state index in [1.165, 1.54) is 12.0 Å². The number of methoxy groups -OCH3 is 1. The molecule has 0 saturated carbocycles. The average molecular weight is 264 g/mol. The fourth-order valence-corrected chi connectivity index (χ4v) is 2.68. The van der Waals surface area contributed by atoms with Gasteiger partial charge in [-0.2, -0.15) is 0 Å². The number of nitrogens with zero attached hydrogens (tertiary/aromatic N) is 3. The lowest BCUT2D eigenvalue weighted by atomic mass is 10.1. The van der Waals surface area contributed by atoms with Gasteiger partial charge >= 0.3 is 0 Å². The minimum atomic E-state index is 0.253. The zero-order valence-corrected chi connectivity index (χ0v) is 12.0. The average Bonchev–Trinajstić information content (AvgIpc) is 2.90. The third kappa shape index (κ3) is 3.23. The molecular formula is C14H24N4O. The lowest BCUT2D eigenvalue weighted by molar-refractivity contribution is 0.220. The van der Waals surface area contributed by atoms with Crippen molar-refractivity contribution in [2.24, 2.45) is 5.73 Å². The van der Waals surface area contributed by atoms with Crippen LogP contribution in [0.2, 0.25) is 0 Å². The number of nitrogens with two attached hydrogens (primary N) is 1. The second kappa shape index (κ2) is 6.32. The Labute approximate surface area is 115 Å². The molecule has 0 aliphatic carbocycles. The van der Waals surface area contributed by atoms with E-state index in [2.05, 4.69) is 34.9 Å². The van der Waals surface area contributed by atoms with Crippen molar-refractivity contribution in [1.82, 2.24) is 14.8 Å². The molecule has 0 radical (unpaired) electrons. The van der Waals surface area contributed by atoms with E-state index in [-0.39, 0.29) is 6.04 Å². The first-order valence-electron chi connectivity index (χ1n) is 6.76. The molecule has 19 heavy (non-hydrogen) atoms. The number of hydrogen-bond donors (Lipinski definition) is 1. The minimum absolute atomic E-state index is 0.253. The van der Waals surface area contributed by atoms with Gasteiger partial charge in [-0.25, -0.2) is 4.98 Å². The van der Waals surface area contributed by atoms with Gasteiger partial charge in [-0.15, -0.1) is 0 Å². The maximum atomic E-state index is 5.96. The molecule has 2 N–H and O–H groups in total. The standard InChI is InChI=1S/C14H24N4O/c1-17(2)12-6-7-18(10-12)13(8-15)11-4-5-14(19-3)16-9-11/h4-5,9,12-13H,6-8,10,15H2,1-3H3. The molecule has 1 saturated heterocycles. The van der Waals surface area contributed by atoms with E-state index in [1.54, 1.807) is 7.11 Å². The van der Waals surface area contributed by atoms with Crippen molar-refractivity contribution in [3.05, 3.63) is 23.9 Å². The van der Waals surface area contributed by atoms with Gasteiger partial charge in [0.05, 0.1) is 7.11 Å². The van der Waals surface area contributed by atoms with E-state index in [4.69, 9.17) is 10.5 Å². The number of rotatable bonds is 5. The van der Waals surface area contributed by atoms with Crippen LogP contribution < -0.4 is 10.5 Å². The molecular weight excluding hydrogens is 240 g/mol. The van der Waals surface area contributed by atoms with Crippen LogP contribution in [0.25, 0.3) is 0 Å². The lowest BCUT2D eigenvalue weighted by Gasteiger charge is -2.28. The SMILES string of the molecule is COc1ccc(C(CN)N2CCC(N(C)C)C2)cn1. The summed E-state index contributed by atoms with van der Waals surface area (Å²) < 4.78 is 5.09. The van der Waals surface area contributed by atoms with Crippen molar-refractivity contribution in [3.8, 4) is 5.88 Å². The Morgan fingerprint density at radius 1 is 1.53 bits per heavy atom. The van der Waals surface area contributed by atoms with Gasteiger partial charge < -0.3 is 15.4 Å². The van der Waals surface area contributed by atoms with E-state index >= 15 is 0 Å². The van der Waals surface area contributed by atoms with Crippen LogP contribution in [0.3, 0.4) is 0 Å². The van der Waals surface area contributed by atoms with Gasteiger partial charge in [0.25, 0.3) is 0 Å². The smallest absolute Gasteiger partial charge is 0.212 e. The fraction of sp³-hybridized carbons (Fsp3) is 0.643.